The fourth-order valence-corrected chi connectivity index (χ4v) is 4.62. The van der Waals surface area contributed by atoms with Crippen LogP contribution in [-0.2, 0) is 6.54 Å². The third-order valence-corrected chi connectivity index (χ3v) is 6.52. The van der Waals surface area contributed by atoms with E-state index in [1.54, 1.807) is 18.2 Å². The Kier molecular flexibility index (Phi) is 7.14. The quantitative estimate of drug-likeness (QED) is 0.504. The van der Waals surface area contributed by atoms with Crippen molar-refractivity contribution in [3.63, 3.8) is 0 Å². The Labute approximate surface area is 199 Å². The highest BCUT2D eigenvalue weighted by molar-refractivity contribution is 6.34. The zero-order valence-corrected chi connectivity index (χ0v) is 19.8. The number of nitrogens with one attached hydrogen (secondary N) is 2. The Balaban J connectivity index is 1.49. The summed E-state index contributed by atoms with van der Waals surface area (Å²) in [6, 6.07) is 15.2. The zero-order valence-electron chi connectivity index (χ0n) is 19.0. The molecular weight excluding hydrogens is 436 g/mol. The molecule has 4 rings (SSSR count). The molecule has 7 heteroatoms. The maximum absolute atomic E-state index is 13.1. The highest BCUT2D eigenvalue weighted by Gasteiger charge is 2.21. The van der Waals surface area contributed by atoms with Crippen LogP contribution < -0.4 is 10.6 Å². The van der Waals surface area contributed by atoms with Crippen LogP contribution in [0.5, 0.6) is 0 Å². The van der Waals surface area contributed by atoms with Gasteiger partial charge in [-0.3, -0.25) is 14.3 Å². The first kappa shape index (κ1) is 23.1. The molecule has 1 fully saturated rings. The number of nitrogens with zero attached hydrogens (tertiary/aromatic N) is 2. The number of rotatable bonds is 6. The van der Waals surface area contributed by atoms with Gasteiger partial charge in [-0.15, -0.1) is 0 Å². The highest BCUT2D eigenvalue weighted by Crippen LogP contribution is 2.24. The smallest absolute Gasteiger partial charge is 0.259 e. The lowest BCUT2D eigenvalue weighted by Crippen LogP contribution is -2.36. The second-order valence-corrected chi connectivity index (χ2v) is 9.05. The van der Waals surface area contributed by atoms with Gasteiger partial charge in [-0.2, -0.15) is 5.10 Å². The average Bonchev–Trinajstić information content (AvgIpc) is 3.09. The number of carbonyl (C=O) groups is 2. The van der Waals surface area contributed by atoms with E-state index >= 15 is 0 Å². The molecule has 0 saturated heterocycles. The molecule has 0 aliphatic heterocycles. The van der Waals surface area contributed by atoms with Crippen molar-refractivity contribution in [3.8, 4) is 0 Å². The van der Waals surface area contributed by atoms with Crippen molar-refractivity contribution >= 4 is 29.1 Å². The summed E-state index contributed by atoms with van der Waals surface area (Å²) in [5, 5.41) is 10.9. The van der Waals surface area contributed by atoms with Crippen LogP contribution in [0, 0.1) is 13.8 Å². The van der Waals surface area contributed by atoms with Crippen molar-refractivity contribution in [2.75, 3.05) is 5.32 Å². The maximum atomic E-state index is 13.1. The molecule has 0 spiro atoms. The second kappa shape index (κ2) is 10.2. The molecule has 1 saturated carbocycles. The van der Waals surface area contributed by atoms with Gasteiger partial charge in [-0.25, -0.2) is 0 Å². The van der Waals surface area contributed by atoms with E-state index in [0.717, 1.165) is 36.9 Å². The molecule has 6 nitrogen and oxygen atoms in total. The summed E-state index contributed by atoms with van der Waals surface area (Å²) in [5.74, 6) is -0.462. The Morgan fingerprint density at radius 3 is 2.48 bits per heavy atom. The van der Waals surface area contributed by atoms with E-state index in [1.165, 1.54) is 6.42 Å². The summed E-state index contributed by atoms with van der Waals surface area (Å²) in [6.07, 6.45) is 5.46. The van der Waals surface area contributed by atoms with Gasteiger partial charge in [-0.05, 0) is 50.5 Å². The molecule has 0 radical (unpaired) electrons. The second-order valence-electron chi connectivity index (χ2n) is 8.65. The van der Waals surface area contributed by atoms with Crippen LogP contribution in [0.1, 0.15) is 69.8 Å². The lowest BCUT2D eigenvalue weighted by Gasteiger charge is -2.23. The number of hydrogen-bond acceptors (Lipinski definition) is 3. The van der Waals surface area contributed by atoms with Crippen molar-refractivity contribution in [3.05, 3.63) is 81.6 Å². The molecule has 2 N–H and O–H groups in total. The maximum Gasteiger partial charge on any atom is 0.259 e. The van der Waals surface area contributed by atoms with Crippen molar-refractivity contribution < 1.29 is 9.59 Å². The van der Waals surface area contributed by atoms with Gasteiger partial charge in [-0.1, -0.05) is 61.2 Å². The number of halogens is 1. The largest absolute Gasteiger partial charge is 0.349 e. The van der Waals surface area contributed by atoms with Gasteiger partial charge in [0.25, 0.3) is 11.8 Å². The first-order chi connectivity index (χ1) is 15.9. The minimum atomic E-state index is -0.259. The molecule has 172 valence electrons. The standard InChI is InChI=1S/C26H29ClN4O2/c1-17-24(18(2)31(30-17)16-19-9-5-3-6-10-19)26(33)29-21-13-14-23(27)22(15-21)25(32)28-20-11-7-4-8-12-20/h3,5-6,9-10,13-15,20H,4,7-8,11-12,16H2,1-2H3,(H,28,32)(H,29,33). The van der Waals surface area contributed by atoms with Gasteiger partial charge in [0.1, 0.15) is 0 Å². The van der Waals surface area contributed by atoms with Crippen molar-refractivity contribution in [1.82, 2.24) is 15.1 Å². The Bertz CT molecular complexity index is 1150. The summed E-state index contributed by atoms with van der Waals surface area (Å²) in [6.45, 7) is 4.31. The fraction of sp³-hybridized carbons (Fsp3) is 0.346. The van der Waals surface area contributed by atoms with E-state index in [0.29, 0.717) is 34.1 Å². The lowest BCUT2D eigenvalue weighted by molar-refractivity contribution is 0.0926. The minimum Gasteiger partial charge on any atom is -0.349 e. The van der Waals surface area contributed by atoms with Crippen LogP contribution in [0.15, 0.2) is 48.5 Å². The number of anilines is 1. The first-order valence-corrected chi connectivity index (χ1v) is 11.8. The SMILES string of the molecule is Cc1nn(Cc2ccccc2)c(C)c1C(=O)Nc1ccc(Cl)c(C(=O)NC2CCCCC2)c1. The van der Waals surface area contributed by atoms with Gasteiger partial charge in [0, 0.05) is 17.4 Å². The predicted molar refractivity (Wildman–Crippen MR) is 131 cm³/mol. The molecule has 33 heavy (non-hydrogen) atoms. The molecule has 1 aliphatic rings. The number of hydrogen-bond donors (Lipinski definition) is 2. The minimum absolute atomic E-state index is 0.182. The highest BCUT2D eigenvalue weighted by atomic mass is 35.5. The molecule has 1 aliphatic carbocycles. The van der Waals surface area contributed by atoms with Crippen LogP contribution in [-0.4, -0.2) is 27.6 Å². The monoisotopic (exact) mass is 464 g/mol. The topological polar surface area (TPSA) is 76.0 Å². The molecule has 0 atom stereocenters. The molecule has 2 aromatic carbocycles. The molecule has 1 aromatic heterocycles. The number of aromatic nitrogens is 2. The third kappa shape index (κ3) is 5.45. The summed E-state index contributed by atoms with van der Waals surface area (Å²) in [7, 11) is 0. The molecule has 1 heterocycles. The van der Waals surface area contributed by atoms with Gasteiger partial charge in [0.05, 0.1) is 28.4 Å². The predicted octanol–water partition coefficient (Wildman–Crippen LogP) is 5.52. The van der Waals surface area contributed by atoms with E-state index in [4.69, 9.17) is 11.6 Å². The van der Waals surface area contributed by atoms with E-state index in [-0.39, 0.29) is 17.9 Å². The van der Waals surface area contributed by atoms with E-state index < -0.39 is 0 Å². The molecule has 2 amide bonds. The Morgan fingerprint density at radius 1 is 1.03 bits per heavy atom. The summed E-state index contributed by atoms with van der Waals surface area (Å²) in [4.78, 5) is 25.9. The fourth-order valence-electron chi connectivity index (χ4n) is 4.42. The van der Waals surface area contributed by atoms with Gasteiger partial charge in [0.15, 0.2) is 0 Å². The lowest BCUT2D eigenvalue weighted by atomic mass is 9.95. The average molecular weight is 465 g/mol. The van der Waals surface area contributed by atoms with Crippen molar-refractivity contribution in [1.29, 1.82) is 0 Å². The first-order valence-electron chi connectivity index (χ1n) is 11.4. The molecule has 3 aromatic rings. The van der Waals surface area contributed by atoms with Crippen molar-refractivity contribution in [2.24, 2.45) is 0 Å². The van der Waals surface area contributed by atoms with Crippen LogP contribution in [0.2, 0.25) is 5.02 Å². The van der Waals surface area contributed by atoms with E-state index in [1.807, 2.05) is 48.9 Å². The Hall–Kier alpha value is -3.12. The third-order valence-electron chi connectivity index (χ3n) is 6.19. The molecule has 0 bridgehead atoms. The number of amides is 2. The summed E-state index contributed by atoms with van der Waals surface area (Å²) < 4.78 is 1.84. The number of benzene rings is 2. The van der Waals surface area contributed by atoms with E-state index in [2.05, 4.69) is 15.7 Å². The number of carbonyl (C=O) groups excluding carboxylic acids is 2. The van der Waals surface area contributed by atoms with Crippen LogP contribution >= 0.6 is 11.6 Å². The summed E-state index contributed by atoms with van der Waals surface area (Å²) >= 11 is 6.31. The normalized spacial score (nSPS) is 14.2. The number of aryl methyl sites for hydroxylation is 1. The zero-order chi connectivity index (χ0) is 23.4. The van der Waals surface area contributed by atoms with E-state index in [9.17, 15) is 9.59 Å². The van der Waals surface area contributed by atoms with Crippen molar-refractivity contribution in [2.45, 2.75) is 58.5 Å². The Morgan fingerprint density at radius 2 is 1.76 bits per heavy atom. The van der Waals surface area contributed by atoms with Crippen LogP contribution in [0.25, 0.3) is 0 Å². The summed E-state index contributed by atoms with van der Waals surface area (Å²) in [5.41, 5.74) is 3.99. The van der Waals surface area contributed by atoms with Crippen LogP contribution in [0.3, 0.4) is 0 Å². The van der Waals surface area contributed by atoms with Gasteiger partial charge >= 0.3 is 0 Å². The van der Waals surface area contributed by atoms with Gasteiger partial charge in [0.2, 0.25) is 0 Å². The van der Waals surface area contributed by atoms with Gasteiger partial charge < -0.3 is 10.6 Å². The van der Waals surface area contributed by atoms with Crippen LogP contribution in [0.4, 0.5) is 5.69 Å². The molecular formula is C26H29ClN4O2. The molecule has 0 unspecified atom stereocenters.